The molecule has 5 nitrogen and oxygen atoms in total. The largest absolute Gasteiger partial charge is 0.480 e. The van der Waals surface area contributed by atoms with Gasteiger partial charge in [0.2, 0.25) is 0 Å². The Labute approximate surface area is 127 Å². The van der Waals surface area contributed by atoms with Crippen LogP contribution in [0.2, 0.25) is 10.0 Å². The maximum atomic E-state index is 12.3. The molecule has 0 spiro atoms. The van der Waals surface area contributed by atoms with E-state index in [0.717, 1.165) is 0 Å². The number of urea groups is 1. The van der Waals surface area contributed by atoms with E-state index in [9.17, 15) is 22.8 Å². The zero-order valence-electron chi connectivity index (χ0n) is 10.2. The Morgan fingerprint density at radius 3 is 2.38 bits per heavy atom. The number of nitrogens with zero attached hydrogens (tertiary/aromatic N) is 1. The molecule has 0 fully saturated rings. The Bertz CT molecular complexity index is 552. The van der Waals surface area contributed by atoms with Crippen molar-refractivity contribution in [3.8, 4) is 0 Å². The van der Waals surface area contributed by atoms with Crippen LogP contribution in [0.15, 0.2) is 18.2 Å². The van der Waals surface area contributed by atoms with E-state index in [1.54, 1.807) is 0 Å². The number of hydrogen-bond acceptors (Lipinski definition) is 2. The number of carbonyl (C=O) groups excluding carboxylic acids is 1. The smallest absolute Gasteiger partial charge is 0.406 e. The number of anilines is 1. The molecule has 1 aromatic rings. The van der Waals surface area contributed by atoms with Crippen molar-refractivity contribution in [3.63, 3.8) is 0 Å². The van der Waals surface area contributed by atoms with E-state index >= 15 is 0 Å². The number of nitrogens with one attached hydrogen (secondary N) is 1. The molecule has 0 radical (unpaired) electrons. The van der Waals surface area contributed by atoms with Crippen LogP contribution < -0.4 is 5.32 Å². The molecule has 1 aromatic carbocycles. The van der Waals surface area contributed by atoms with Crippen molar-refractivity contribution in [2.24, 2.45) is 0 Å². The summed E-state index contributed by atoms with van der Waals surface area (Å²) in [4.78, 5) is 22.4. The van der Waals surface area contributed by atoms with E-state index in [1.807, 2.05) is 0 Å². The second-order valence-corrected chi connectivity index (χ2v) is 4.76. The summed E-state index contributed by atoms with van der Waals surface area (Å²) >= 11 is 11.4. The van der Waals surface area contributed by atoms with Crippen LogP contribution in [-0.2, 0) is 4.79 Å². The van der Waals surface area contributed by atoms with Gasteiger partial charge in [-0.2, -0.15) is 13.2 Å². The molecule has 2 N–H and O–H groups in total. The van der Waals surface area contributed by atoms with Gasteiger partial charge in [-0.3, -0.25) is 4.79 Å². The normalized spacial score (nSPS) is 11.1. The number of alkyl halides is 3. The number of carbonyl (C=O) groups is 2. The Kier molecular flexibility index (Phi) is 5.68. The molecule has 0 aromatic heterocycles. The molecule has 0 atom stereocenters. The van der Waals surface area contributed by atoms with Crippen molar-refractivity contribution in [2.45, 2.75) is 6.18 Å². The minimum atomic E-state index is -4.73. The lowest BCUT2D eigenvalue weighted by Crippen LogP contribution is -2.44. The Morgan fingerprint density at radius 1 is 1.29 bits per heavy atom. The summed E-state index contributed by atoms with van der Waals surface area (Å²) in [5, 5.41) is 10.9. The van der Waals surface area contributed by atoms with Crippen LogP contribution in [-0.4, -0.2) is 41.3 Å². The molecule has 116 valence electrons. The van der Waals surface area contributed by atoms with E-state index < -0.39 is 31.3 Å². The summed E-state index contributed by atoms with van der Waals surface area (Å²) in [6.45, 7) is -2.80. The Balaban J connectivity index is 2.87. The highest BCUT2D eigenvalue weighted by atomic mass is 35.5. The summed E-state index contributed by atoms with van der Waals surface area (Å²) in [6.07, 6.45) is -4.73. The molecule has 0 unspecified atom stereocenters. The van der Waals surface area contributed by atoms with E-state index in [-0.39, 0.29) is 20.6 Å². The van der Waals surface area contributed by atoms with Crippen LogP contribution in [0.3, 0.4) is 0 Å². The minimum absolute atomic E-state index is 0.0122. The molecule has 0 aliphatic rings. The monoisotopic (exact) mass is 344 g/mol. The predicted molar refractivity (Wildman–Crippen MR) is 70.7 cm³/mol. The highest BCUT2D eigenvalue weighted by Crippen LogP contribution is 2.26. The van der Waals surface area contributed by atoms with Crippen LogP contribution in [0.4, 0.5) is 23.7 Å². The number of aliphatic carboxylic acids is 1. The second-order valence-electron chi connectivity index (χ2n) is 3.92. The lowest BCUT2D eigenvalue weighted by molar-refractivity contribution is -0.148. The SMILES string of the molecule is O=C(O)CN(CC(F)(F)F)C(=O)Nc1ccc(Cl)cc1Cl. The van der Waals surface area contributed by atoms with Gasteiger partial charge in [-0.05, 0) is 18.2 Å². The van der Waals surface area contributed by atoms with Gasteiger partial charge in [0, 0.05) is 5.02 Å². The van der Waals surface area contributed by atoms with Crippen molar-refractivity contribution in [2.75, 3.05) is 18.4 Å². The van der Waals surface area contributed by atoms with Gasteiger partial charge in [-0.1, -0.05) is 23.2 Å². The van der Waals surface area contributed by atoms with Gasteiger partial charge in [0.25, 0.3) is 0 Å². The third-order valence-corrected chi connectivity index (χ3v) is 2.70. The minimum Gasteiger partial charge on any atom is -0.480 e. The first kappa shape index (κ1) is 17.4. The van der Waals surface area contributed by atoms with Gasteiger partial charge < -0.3 is 15.3 Å². The number of amides is 2. The summed E-state index contributed by atoms with van der Waals surface area (Å²) in [7, 11) is 0. The maximum Gasteiger partial charge on any atom is 0.406 e. The standard InChI is InChI=1S/C11H9Cl2F3N2O3/c12-6-1-2-8(7(13)3-6)17-10(21)18(4-9(19)20)5-11(14,15)16/h1-3H,4-5H2,(H,17,21)(H,19,20). The highest BCUT2D eigenvalue weighted by Gasteiger charge is 2.34. The molecule has 0 saturated heterocycles. The van der Waals surface area contributed by atoms with Gasteiger partial charge in [0.1, 0.15) is 13.1 Å². The van der Waals surface area contributed by atoms with E-state index in [4.69, 9.17) is 28.3 Å². The van der Waals surface area contributed by atoms with Crippen molar-refractivity contribution in [3.05, 3.63) is 28.2 Å². The Hall–Kier alpha value is -1.67. The molecular formula is C11H9Cl2F3N2O3. The number of carboxylic acid groups (broad SMARTS) is 1. The molecule has 21 heavy (non-hydrogen) atoms. The molecule has 1 rings (SSSR count). The van der Waals surface area contributed by atoms with Gasteiger partial charge in [0.15, 0.2) is 0 Å². The van der Waals surface area contributed by atoms with Gasteiger partial charge in [0.05, 0.1) is 10.7 Å². The summed E-state index contributed by atoms with van der Waals surface area (Å²) in [5.74, 6) is -1.57. The van der Waals surface area contributed by atoms with Crippen LogP contribution in [0.5, 0.6) is 0 Å². The van der Waals surface area contributed by atoms with Gasteiger partial charge in [-0.15, -0.1) is 0 Å². The zero-order chi connectivity index (χ0) is 16.2. The molecule has 0 aliphatic heterocycles. The second kappa shape index (κ2) is 6.86. The predicted octanol–water partition coefficient (Wildman–Crippen LogP) is 3.47. The number of hydrogen-bond donors (Lipinski definition) is 2. The fraction of sp³-hybridized carbons (Fsp3) is 0.273. The molecule has 10 heteroatoms. The first-order valence-electron chi connectivity index (χ1n) is 5.38. The molecule has 0 bridgehead atoms. The number of rotatable bonds is 4. The fourth-order valence-electron chi connectivity index (χ4n) is 1.36. The van der Waals surface area contributed by atoms with Crippen molar-refractivity contribution >= 4 is 40.9 Å². The first-order valence-corrected chi connectivity index (χ1v) is 6.13. The number of benzene rings is 1. The van der Waals surface area contributed by atoms with Crippen molar-refractivity contribution < 1.29 is 27.9 Å². The molecule has 0 heterocycles. The molecule has 2 amide bonds. The molecular weight excluding hydrogens is 336 g/mol. The fourth-order valence-corrected chi connectivity index (χ4v) is 1.82. The highest BCUT2D eigenvalue weighted by molar-refractivity contribution is 6.36. The van der Waals surface area contributed by atoms with Gasteiger partial charge >= 0.3 is 18.2 Å². The van der Waals surface area contributed by atoms with E-state index in [1.165, 1.54) is 18.2 Å². The molecule has 0 aliphatic carbocycles. The lowest BCUT2D eigenvalue weighted by Gasteiger charge is -2.22. The first-order chi connectivity index (χ1) is 9.58. The number of carboxylic acids is 1. The van der Waals surface area contributed by atoms with Gasteiger partial charge in [-0.25, -0.2) is 4.79 Å². The topological polar surface area (TPSA) is 69.6 Å². The lowest BCUT2D eigenvalue weighted by atomic mass is 10.3. The Morgan fingerprint density at radius 2 is 1.90 bits per heavy atom. The number of halogens is 5. The maximum absolute atomic E-state index is 12.3. The van der Waals surface area contributed by atoms with E-state index in [2.05, 4.69) is 5.32 Å². The van der Waals surface area contributed by atoms with Crippen LogP contribution in [0, 0.1) is 0 Å². The summed E-state index contributed by atoms with van der Waals surface area (Å²) in [6, 6.07) is 2.70. The van der Waals surface area contributed by atoms with Crippen molar-refractivity contribution in [1.82, 2.24) is 4.90 Å². The molecule has 0 saturated carbocycles. The average Bonchev–Trinajstić information content (AvgIpc) is 2.29. The summed E-state index contributed by atoms with van der Waals surface area (Å²) < 4.78 is 37.0. The zero-order valence-corrected chi connectivity index (χ0v) is 11.8. The third kappa shape index (κ3) is 6.09. The van der Waals surface area contributed by atoms with Crippen molar-refractivity contribution in [1.29, 1.82) is 0 Å². The third-order valence-electron chi connectivity index (χ3n) is 2.16. The van der Waals surface area contributed by atoms with Crippen LogP contribution in [0.1, 0.15) is 0 Å². The van der Waals surface area contributed by atoms with Crippen LogP contribution >= 0.6 is 23.2 Å². The van der Waals surface area contributed by atoms with Crippen LogP contribution in [0.25, 0.3) is 0 Å². The summed E-state index contributed by atoms with van der Waals surface area (Å²) in [5.41, 5.74) is 0.0172. The average molecular weight is 345 g/mol. The quantitative estimate of drug-likeness (QED) is 0.878. The van der Waals surface area contributed by atoms with E-state index in [0.29, 0.717) is 0 Å².